The summed E-state index contributed by atoms with van der Waals surface area (Å²) in [4.78, 5) is 23.9. The Morgan fingerprint density at radius 2 is 1.94 bits per heavy atom. The van der Waals surface area contributed by atoms with Gasteiger partial charge in [-0.3, -0.25) is 4.79 Å². The molecule has 1 aromatic carbocycles. The largest absolute Gasteiger partial charge is 0.573 e. The number of nitrogens with two attached hydrogens (primary N) is 1. The number of nitrogens with zero attached hydrogens (tertiary/aromatic N) is 3. The monoisotopic (exact) mass is 487 g/mol. The predicted molar refractivity (Wildman–Crippen MR) is 124 cm³/mol. The van der Waals surface area contributed by atoms with E-state index in [0.29, 0.717) is 24.0 Å². The highest BCUT2D eigenvalue weighted by Crippen LogP contribution is 2.33. The van der Waals surface area contributed by atoms with Gasteiger partial charge in [-0.25, -0.2) is 9.97 Å². The Labute approximate surface area is 199 Å². The van der Waals surface area contributed by atoms with Crippen LogP contribution in [0.5, 0.6) is 11.6 Å². The lowest BCUT2D eigenvalue weighted by Crippen LogP contribution is -2.24. The molecule has 4 rings (SSSR count). The molecule has 3 aromatic rings. The van der Waals surface area contributed by atoms with E-state index in [1.165, 1.54) is 25.4 Å². The molecule has 11 heteroatoms. The Kier molecular flexibility index (Phi) is 7.06. The summed E-state index contributed by atoms with van der Waals surface area (Å²) in [6, 6.07) is 10.2. The molecule has 0 radical (unpaired) electrons. The first-order chi connectivity index (χ1) is 16.8. The van der Waals surface area contributed by atoms with Gasteiger partial charge in [-0.2, -0.15) is 0 Å². The molecule has 1 saturated heterocycles. The second kappa shape index (κ2) is 10.2. The molecule has 1 fully saturated rings. The Morgan fingerprint density at radius 1 is 1.17 bits per heavy atom. The molecule has 1 unspecified atom stereocenters. The highest BCUT2D eigenvalue weighted by atomic mass is 19.4. The predicted octanol–water partition coefficient (Wildman–Crippen LogP) is 4.09. The van der Waals surface area contributed by atoms with Crippen LogP contribution in [0.4, 0.5) is 24.7 Å². The van der Waals surface area contributed by atoms with Crippen molar-refractivity contribution in [2.24, 2.45) is 11.7 Å². The zero-order valence-electron chi connectivity index (χ0n) is 18.9. The number of hydrogen-bond donors (Lipinski definition) is 2. The number of pyridine rings is 2. The highest BCUT2D eigenvalue weighted by molar-refractivity contribution is 6.05. The van der Waals surface area contributed by atoms with E-state index < -0.39 is 12.3 Å². The Balaban J connectivity index is 1.59. The maximum atomic E-state index is 12.9. The van der Waals surface area contributed by atoms with Crippen molar-refractivity contribution >= 4 is 17.4 Å². The first kappa shape index (κ1) is 24.3. The molecule has 8 nitrogen and oxygen atoms in total. The lowest BCUT2D eigenvalue weighted by atomic mass is 10.1. The number of anilines is 2. The van der Waals surface area contributed by atoms with E-state index in [-0.39, 0.29) is 11.3 Å². The zero-order valence-corrected chi connectivity index (χ0v) is 18.9. The number of carbonyl (C=O) groups is 1. The van der Waals surface area contributed by atoms with Crippen LogP contribution in [0.1, 0.15) is 16.8 Å². The van der Waals surface area contributed by atoms with Gasteiger partial charge in [0, 0.05) is 48.4 Å². The highest BCUT2D eigenvalue weighted by Gasteiger charge is 2.31. The van der Waals surface area contributed by atoms with Gasteiger partial charge in [0.1, 0.15) is 11.6 Å². The van der Waals surface area contributed by atoms with Crippen LogP contribution in [0.2, 0.25) is 0 Å². The van der Waals surface area contributed by atoms with E-state index in [0.717, 1.165) is 48.6 Å². The minimum Gasteiger partial charge on any atom is -0.481 e. The SMILES string of the molecule is COc1ccc(-c2cc(C(=O)Nc3ccc(OC(F)(F)F)cc3)cnc2N2CCC(CN)C2)cn1. The number of aromatic nitrogens is 2. The third-order valence-electron chi connectivity index (χ3n) is 5.65. The summed E-state index contributed by atoms with van der Waals surface area (Å²) in [5.74, 6) is 0.707. The molecule has 0 saturated carbocycles. The maximum Gasteiger partial charge on any atom is 0.573 e. The third-order valence-corrected chi connectivity index (χ3v) is 5.65. The van der Waals surface area contributed by atoms with Gasteiger partial charge < -0.3 is 25.4 Å². The van der Waals surface area contributed by atoms with E-state index in [9.17, 15) is 18.0 Å². The summed E-state index contributed by atoms with van der Waals surface area (Å²) in [6.45, 7) is 2.14. The maximum absolute atomic E-state index is 12.9. The standard InChI is InChI=1S/C24H24F3N5O3/c1-34-21-7-2-16(12-29-21)20-10-17(13-30-22(20)32-9-8-15(11-28)14-32)23(33)31-18-3-5-19(6-4-18)35-24(25,26)27/h2-7,10,12-13,15H,8-9,11,14,28H2,1H3,(H,31,33). The molecule has 3 N–H and O–H groups in total. The summed E-state index contributed by atoms with van der Waals surface area (Å²) in [5.41, 5.74) is 7.92. The van der Waals surface area contributed by atoms with Crippen LogP contribution in [0.15, 0.2) is 54.9 Å². The molecule has 2 aromatic heterocycles. The quantitative estimate of drug-likeness (QED) is 0.518. The number of carbonyl (C=O) groups excluding carboxylic acids is 1. The second-order valence-electron chi connectivity index (χ2n) is 8.05. The van der Waals surface area contributed by atoms with Gasteiger partial charge in [0.2, 0.25) is 5.88 Å². The number of benzene rings is 1. The molecule has 1 atom stereocenters. The number of ether oxygens (including phenoxy) is 2. The summed E-state index contributed by atoms with van der Waals surface area (Å²) in [6.07, 6.45) is -0.710. The van der Waals surface area contributed by atoms with Crippen LogP contribution < -0.4 is 25.4 Å². The minimum absolute atomic E-state index is 0.282. The van der Waals surface area contributed by atoms with E-state index in [2.05, 4.69) is 24.9 Å². The lowest BCUT2D eigenvalue weighted by molar-refractivity contribution is -0.274. The molecule has 0 bridgehead atoms. The van der Waals surface area contributed by atoms with Gasteiger partial charge in [-0.15, -0.1) is 13.2 Å². The Bertz CT molecular complexity index is 1170. The fourth-order valence-corrected chi connectivity index (χ4v) is 3.87. The molecule has 184 valence electrons. The van der Waals surface area contributed by atoms with Crippen LogP contribution >= 0.6 is 0 Å². The number of alkyl halides is 3. The van der Waals surface area contributed by atoms with Crippen molar-refractivity contribution in [2.45, 2.75) is 12.8 Å². The number of hydrogen-bond acceptors (Lipinski definition) is 7. The topological polar surface area (TPSA) is 103 Å². The van der Waals surface area contributed by atoms with Crippen molar-refractivity contribution in [1.82, 2.24) is 9.97 Å². The number of nitrogens with one attached hydrogen (secondary N) is 1. The van der Waals surface area contributed by atoms with Crippen molar-refractivity contribution in [2.75, 3.05) is 37.0 Å². The normalized spacial score (nSPS) is 15.7. The Hall–Kier alpha value is -3.86. The van der Waals surface area contributed by atoms with E-state index in [4.69, 9.17) is 10.5 Å². The molecular formula is C24H24F3N5O3. The van der Waals surface area contributed by atoms with Gasteiger partial charge >= 0.3 is 6.36 Å². The molecule has 0 spiro atoms. The van der Waals surface area contributed by atoms with Crippen molar-refractivity contribution in [3.63, 3.8) is 0 Å². The molecule has 1 amide bonds. The number of methoxy groups -OCH3 is 1. The molecule has 35 heavy (non-hydrogen) atoms. The van der Waals surface area contributed by atoms with Gasteiger partial charge in [-0.1, -0.05) is 0 Å². The first-order valence-electron chi connectivity index (χ1n) is 10.9. The van der Waals surface area contributed by atoms with Crippen molar-refractivity contribution < 1.29 is 27.4 Å². The summed E-state index contributed by atoms with van der Waals surface area (Å²) >= 11 is 0. The van der Waals surface area contributed by atoms with Crippen molar-refractivity contribution in [1.29, 1.82) is 0 Å². The van der Waals surface area contributed by atoms with Crippen LogP contribution in [-0.2, 0) is 0 Å². The first-order valence-corrected chi connectivity index (χ1v) is 10.9. The summed E-state index contributed by atoms with van der Waals surface area (Å²) in [5, 5.41) is 2.67. The van der Waals surface area contributed by atoms with E-state index in [1.807, 2.05) is 6.07 Å². The zero-order chi connectivity index (χ0) is 25.0. The fraction of sp³-hybridized carbons (Fsp3) is 0.292. The van der Waals surface area contributed by atoms with Gasteiger partial charge in [0.15, 0.2) is 0 Å². The Morgan fingerprint density at radius 3 is 2.54 bits per heavy atom. The van der Waals surface area contributed by atoms with Crippen molar-refractivity contribution in [3.8, 4) is 22.8 Å². The minimum atomic E-state index is -4.79. The number of rotatable bonds is 7. The molecule has 1 aliphatic rings. The van der Waals surface area contributed by atoms with E-state index >= 15 is 0 Å². The van der Waals surface area contributed by atoms with Crippen LogP contribution in [0, 0.1) is 5.92 Å². The summed E-state index contributed by atoms with van der Waals surface area (Å²) < 4.78 is 46.1. The lowest BCUT2D eigenvalue weighted by Gasteiger charge is -2.21. The molecule has 0 aliphatic carbocycles. The number of amides is 1. The van der Waals surface area contributed by atoms with Crippen molar-refractivity contribution in [3.05, 3.63) is 60.4 Å². The van der Waals surface area contributed by atoms with E-state index in [1.54, 1.807) is 18.3 Å². The second-order valence-corrected chi connectivity index (χ2v) is 8.05. The van der Waals surface area contributed by atoms with Crippen LogP contribution in [0.25, 0.3) is 11.1 Å². The number of halogens is 3. The van der Waals surface area contributed by atoms with Crippen LogP contribution in [0.3, 0.4) is 0 Å². The molecular weight excluding hydrogens is 463 g/mol. The van der Waals surface area contributed by atoms with Gasteiger partial charge in [0.25, 0.3) is 5.91 Å². The average Bonchev–Trinajstić information content (AvgIpc) is 3.33. The van der Waals surface area contributed by atoms with Gasteiger partial charge in [-0.05, 0) is 55.3 Å². The van der Waals surface area contributed by atoms with Gasteiger partial charge in [0.05, 0.1) is 12.7 Å². The average molecular weight is 487 g/mol. The third kappa shape index (κ3) is 5.99. The van der Waals surface area contributed by atoms with Crippen LogP contribution in [-0.4, -0.2) is 49.0 Å². The molecule has 3 heterocycles. The smallest absolute Gasteiger partial charge is 0.481 e. The summed E-state index contributed by atoms with van der Waals surface area (Å²) in [7, 11) is 1.53. The fourth-order valence-electron chi connectivity index (χ4n) is 3.87. The molecule has 1 aliphatic heterocycles.